The third-order valence-electron chi connectivity index (χ3n) is 4.65. The minimum Gasteiger partial charge on any atom is -0.436 e. The Balaban J connectivity index is 1.49. The van der Waals surface area contributed by atoms with Gasteiger partial charge in [0.2, 0.25) is 17.7 Å². The molecule has 1 aromatic heterocycles. The number of fused-ring (bicyclic) bond motifs is 1. The molecule has 2 heterocycles. The summed E-state index contributed by atoms with van der Waals surface area (Å²) in [4.78, 5) is 30.2. The van der Waals surface area contributed by atoms with Gasteiger partial charge in [-0.3, -0.25) is 9.59 Å². The molecular weight excluding hydrogens is 330 g/mol. The van der Waals surface area contributed by atoms with E-state index in [4.69, 9.17) is 4.42 Å². The highest BCUT2D eigenvalue weighted by atomic mass is 16.3. The predicted molar refractivity (Wildman–Crippen MR) is 98.5 cm³/mol. The van der Waals surface area contributed by atoms with E-state index in [1.165, 1.54) is 6.92 Å². The molecular formula is C20H19N3O3. The van der Waals surface area contributed by atoms with Crippen LogP contribution in [0.15, 0.2) is 52.9 Å². The molecule has 1 N–H and O–H groups in total. The van der Waals surface area contributed by atoms with Gasteiger partial charge in [0.25, 0.3) is 0 Å². The van der Waals surface area contributed by atoms with Gasteiger partial charge in [0.15, 0.2) is 5.58 Å². The van der Waals surface area contributed by atoms with Gasteiger partial charge in [0.1, 0.15) is 11.6 Å². The summed E-state index contributed by atoms with van der Waals surface area (Å²) in [6.07, 6.45) is 1.56. The normalized spacial score (nSPS) is 16.8. The van der Waals surface area contributed by atoms with Crippen molar-refractivity contribution < 1.29 is 14.0 Å². The molecule has 1 unspecified atom stereocenters. The number of benzene rings is 2. The number of carbonyl (C=O) groups is 2. The van der Waals surface area contributed by atoms with Gasteiger partial charge in [-0.1, -0.05) is 12.1 Å². The summed E-state index contributed by atoms with van der Waals surface area (Å²) in [5.74, 6) is 0.337. The van der Waals surface area contributed by atoms with Gasteiger partial charge in [-0.15, -0.1) is 0 Å². The fraction of sp³-hybridized carbons (Fsp3) is 0.250. The summed E-state index contributed by atoms with van der Waals surface area (Å²) in [7, 11) is 0. The van der Waals surface area contributed by atoms with Gasteiger partial charge in [-0.2, -0.15) is 0 Å². The minimum atomic E-state index is -0.385. The molecule has 1 aliphatic rings. The van der Waals surface area contributed by atoms with Crippen LogP contribution in [0.3, 0.4) is 0 Å². The zero-order valence-corrected chi connectivity index (χ0v) is 14.4. The summed E-state index contributed by atoms with van der Waals surface area (Å²) >= 11 is 0. The minimum absolute atomic E-state index is 0.0612. The molecule has 2 aromatic carbocycles. The lowest BCUT2D eigenvalue weighted by Gasteiger charge is -2.22. The van der Waals surface area contributed by atoms with E-state index in [2.05, 4.69) is 10.3 Å². The molecule has 1 aliphatic heterocycles. The number of hydrogen-bond donors (Lipinski definition) is 1. The van der Waals surface area contributed by atoms with Crippen LogP contribution in [0.2, 0.25) is 0 Å². The fourth-order valence-corrected chi connectivity index (χ4v) is 3.33. The Morgan fingerprint density at radius 1 is 1.15 bits per heavy atom. The topological polar surface area (TPSA) is 75.4 Å². The molecule has 4 rings (SSSR count). The lowest BCUT2D eigenvalue weighted by molar-refractivity contribution is -0.134. The molecule has 1 fully saturated rings. The van der Waals surface area contributed by atoms with E-state index < -0.39 is 0 Å². The van der Waals surface area contributed by atoms with Crippen LogP contribution in [0.5, 0.6) is 0 Å². The quantitative estimate of drug-likeness (QED) is 0.786. The molecule has 2 amide bonds. The maximum absolute atomic E-state index is 12.5. The lowest BCUT2D eigenvalue weighted by atomic mass is 10.1. The second kappa shape index (κ2) is 6.63. The van der Waals surface area contributed by atoms with Crippen LogP contribution in [-0.2, 0) is 9.59 Å². The van der Waals surface area contributed by atoms with Crippen molar-refractivity contribution >= 4 is 28.6 Å². The zero-order chi connectivity index (χ0) is 18.1. The molecule has 0 radical (unpaired) electrons. The highest BCUT2D eigenvalue weighted by Gasteiger charge is 2.32. The van der Waals surface area contributed by atoms with Crippen LogP contribution >= 0.6 is 0 Å². The van der Waals surface area contributed by atoms with Crippen molar-refractivity contribution in [1.29, 1.82) is 0 Å². The van der Waals surface area contributed by atoms with Crippen molar-refractivity contribution in [2.24, 2.45) is 0 Å². The Morgan fingerprint density at radius 3 is 2.65 bits per heavy atom. The van der Waals surface area contributed by atoms with Crippen molar-refractivity contribution in [3.8, 4) is 11.5 Å². The van der Waals surface area contributed by atoms with Crippen molar-refractivity contribution in [2.45, 2.75) is 25.8 Å². The number of para-hydroxylation sites is 2. The standard InChI is InChI=1S/C20H19N3O3/c1-13(24)23-12-4-6-17(23)19(25)21-15-10-8-14(9-11-15)20-22-16-5-2-3-7-18(16)26-20/h2-3,5,7-11,17H,4,6,12H2,1H3,(H,21,25). The fourth-order valence-electron chi connectivity index (χ4n) is 3.33. The lowest BCUT2D eigenvalue weighted by Crippen LogP contribution is -2.42. The van der Waals surface area contributed by atoms with Crippen LogP contribution < -0.4 is 5.32 Å². The Labute approximate surface area is 150 Å². The molecule has 0 spiro atoms. The number of likely N-dealkylation sites (tertiary alicyclic amines) is 1. The maximum atomic E-state index is 12.5. The second-order valence-corrected chi connectivity index (χ2v) is 6.42. The van der Waals surface area contributed by atoms with E-state index in [-0.39, 0.29) is 17.9 Å². The third kappa shape index (κ3) is 3.06. The first-order valence-electron chi connectivity index (χ1n) is 8.66. The first-order chi connectivity index (χ1) is 12.6. The largest absolute Gasteiger partial charge is 0.436 e. The van der Waals surface area contributed by atoms with Gasteiger partial charge >= 0.3 is 0 Å². The summed E-state index contributed by atoms with van der Waals surface area (Å²) in [6.45, 7) is 2.14. The SMILES string of the molecule is CC(=O)N1CCCC1C(=O)Nc1ccc(-c2nc3ccccc3o2)cc1. The molecule has 1 saturated heterocycles. The summed E-state index contributed by atoms with van der Waals surface area (Å²) in [6, 6.07) is 14.6. The summed E-state index contributed by atoms with van der Waals surface area (Å²) < 4.78 is 5.75. The number of carbonyl (C=O) groups excluding carboxylic acids is 2. The molecule has 3 aromatic rings. The van der Waals surface area contributed by atoms with Crippen molar-refractivity contribution in [3.05, 3.63) is 48.5 Å². The molecule has 132 valence electrons. The van der Waals surface area contributed by atoms with E-state index in [1.807, 2.05) is 48.5 Å². The number of nitrogens with one attached hydrogen (secondary N) is 1. The van der Waals surface area contributed by atoms with Crippen LogP contribution in [0.1, 0.15) is 19.8 Å². The number of anilines is 1. The van der Waals surface area contributed by atoms with Crippen LogP contribution in [0, 0.1) is 0 Å². The van der Waals surface area contributed by atoms with Gasteiger partial charge in [-0.05, 0) is 49.2 Å². The number of amides is 2. The van der Waals surface area contributed by atoms with E-state index in [0.29, 0.717) is 24.5 Å². The van der Waals surface area contributed by atoms with E-state index in [1.54, 1.807) is 4.90 Å². The number of nitrogens with zero attached hydrogens (tertiary/aromatic N) is 2. The Morgan fingerprint density at radius 2 is 1.92 bits per heavy atom. The van der Waals surface area contributed by atoms with Gasteiger partial charge in [-0.25, -0.2) is 4.98 Å². The van der Waals surface area contributed by atoms with E-state index in [9.17, 15) is 9.59 Å². The van der Waals surface area contributed by atoms with Crippen LogP contribution in [0.25, 0.3) is 22.6 Å². The number of hydrogen-bond acceptors (Lipinski definition) is 4. The third-order valence-corrected chi connectivity index (χ3v) is 4.65. The second-order valence-electron chi connectivity index (χ2n) is 6.42. The maximum Gasteiger partial charge on any atom is 0.247 e. The molecule has 6 nitrogen and oxygen atoms in total. The highest BCUT2D eigenvalue weighted by Crippen LogP contribution is 2.25. The first kappa shape index (κ1) is 16.3. The smallest absolute Gasteiger partial charge is 0.247 e. The average Bonchev–Trinajstić information content (AvgIpc) is 3.29. The molecule has 0 bridgehead atoms. The molecule has 6 heteroatoms. The Kier molecular flexibility index (Phi) is 4.16. The molecule has 0 saturated carbocycles. The zero-order valence-electron chi connectivity index (χ0n) is 14.4. The van der Waals surface area contributed by atoms with Gasteiger partial charge < -0.3 is 14.6 Å². The predicted octanol–water partition coefficient (Wildman–Crippen LogP) is 3.44. The molecule has 1 atom stereocenters. The monoisotopic (exact) mass is 349 g/mol. The number of rotatable bonds is 3. The highest BCUT2D eigenvalue weighted by molar-refractivity contribution is 5.97. The van der Waals surface area contributed by atoms with Crippen LogP contribution in [-0.4, -0.2) is 34.3 Å². The van der Waals surface area contributed by atoms with Crippen molar-refractivity contribution in [1.82, 2.24) is 9.88 Å². The van der Waals surface area contributed by atoms with Crippen molar-refractivity contribution in [3.63, 3.8) is 0 Å². The van der Waals surface area contributed by atoms with Crippen LogP contribution in [0.4, 0.5) is 5.69 Å². The summed E-state index contributed by atoms with van der Waals surface area (Å²) in [5, 5.41) is 2.89. The number of oxazole rings is 1. The number of aromatic nitrogens is 1. The first-order valence-corrected chi connectivity index (χ1v) is 8.66. The Hall–Kier alpha value is -3.15. The Bertz CT molecular complexity index is 929. The average molecular weight is 349 g/mol. The summed E-state index contributed by atoms with van der Waals surface area (Å²) in [5.41, 5.74) is 3.08. The van der Waals surface area contributed by atoms with E-state index >= 15 is 0 Å². The molecule has 0 aliphatic carbocycles. The van der Waals surface area contributed by atoms with Gasteiger partial charge in [0, 0.05) is 24.7 Å². The molecule has 26 heavy (non-hydrogen) atoms. The van der Waals surface area contributed by atoms with Gasteiger partial charge in [0.05, 0.1) is 0 Å². The van der Waals surface area contributed by atoms with Crippen molar-refractivity contribution in [2.75, 3.05) is 11.9 Å². The van der Waals surface area contributed by atoms with E-state index in [0.717, 1.165) is 23.1 Å².